The first-order valence-corrected chi connectivity index (χ1v) is 15.0. The van der Waals surface area contributed by atoms with Gasteiger partial charge in [-0.05, 0) is 86.2 Å². The van der Waals surface area contributed by atoms with Gasteiger partial charge in [-0.2, -0.15) is 0 Å². The minimum Gasteiger partial charge on any atom is -0.371 e. The highest BCUT2D eigenvalue weighted by atomic mass is 16.2. The molecule has 0 radical (unpaired) electrons. The SMILES string of the molecule is C=C(Nc1cccc(-c2cn(C)c(=O)c(Nc3ccc(C(=O)N4CCCCC4)cc3)n2)c1C)c1ccc(N2CCC2)cc1. The van der Waals surface area contributed by atoms with Crippen molar-refractivity contribution in [1.82, 2.24) is 14.5 Å². The molecule has 1 amide bonds. The fraction of sp³-hybridized carbons (Fsp3) is 0.286. The van der Waals surface area contributed by atoms with E-state index in [1.807, 2.05) is 42.2 Å². The van der Waals surface area contributed by atoms with Crippen LogP contribution in [0.5, 0.6) is 0 Å². The Hall–Kier alpha value is -4.85. The highest BCUT2D eigenvalue weighted by Crippen LogP contribution is 2.30. The number of likely N-dealkylation sites (tertiary alicyclic amines) is 1. The Morgan fingerprint density at radius 1 is 0.860 bits per heavy atom. The number of hydrogen-bond donors (Lipinski definition) is 2. The Morgan fingerprint density at radius 3 is 2.23 bits per heavy atom. The van der Waals surface area contributed by atoms with E-state index in [0.29, 0.717) is 16.9 Å². The fourth-order valence-corrected chi connectivity index (χ4v) is 5.66. The third kappa shape index (κ3) is 6.04. The molecule has 0 unspecified atom stereocenters. The zero-order chi connectivity index (χ0) is 29.9. The molecule has 43 heavy (non-hydrogen) atoms. The van der Waals surface area contributed by atoms with Crippen LogP contribution >= 0.6 is 0 Å². The van der Waals surface area contributed by atoms with Crippen LogP contribution in [-0.4, -0.2) is 46.5 Å². The lowest BCUT2D eigenvalue weighted by Crippen LogP contribution is -2.36. The quantitative estimate of drug-likeness (QED) is 0.253. The minimum atomic E-state index is -0.237. The molecule has 0 aliphatic carbocycles. The number of aromatic nitrogens is 2. The topological polar surface area (TPSA) is 82.5 Å². The highest BCUT2D eigenvalue weighted by Gasteiger charge is 2.19. The van der Waals surface area contributed by atoms with Gasteiger partial charge in [-0.3, -0.25) is 9.59 Å². The van der Waals surface area contributed by atoms with Crippen LogP contribution in [0.3, 0.4) is 0 Å². The molecule has 1 aromatic heterocycles. The van der Waals surface area contributed by atoms with E-state index in [9.17, 15) is 9.59 Å². The number of carbonyl (C=O) groups is 1. The number of benzene rings is 3. The molecule has 3 aromatic carbocycles. The van der Waals surface area contributed by atoms with Crippen molar-refractivity contribution in [1.29, 1.82) is 0 Å². The molecule has 2 aliphatic heterocycles. The van der Waals surface area contributed by atoms with E-state index in [4.69, 9.17) is 4.98 Å². The number of aryl methyl sites for hydroxylation is 1. The summed E-state index contributed by atoms with van der Waals surface area (Å²) in [4.78, 5) is 34.9. The predicted molar refractivity (Wildman–Crippen MR) is 175 cm³/mol. The summed E-state index contributed by atoms with van der Waals surface area (Å²) >= 11 is 0. The summed E-state index contributed by atoms with van der Waals surface area (Å²) in [5.41, 5.74) is 7.70. The van der Waals surface area contributed by atoms with Gasteiger partial charge in [0.15, 0.2) is 5.82 Å². The van der Waals surface area contributed by atoms with E-state index in [-0.39, 0.29) is 17.3 Å². The van der Waals surface area contributed by atoms with E-state index in [0.717, 1.165) is 67.1 Å². The monoisotopic (exact) mass is 574 g/mol. The van der Waals surface area contributed by atoms with E-state index >= 15 is 0 Å². The maximum Gasteiger partial charge on any atom is 0.293 e. The number of nitrogens with zero attached hydrogens (tertiary/aromatic N) is 4. The summed E-state index contributed by atoms with van der Waals surface area (Å²) in [5.74, 6) is 0.275. The van der Waals surface area contributed by atoms with Gasteiger partial charge in [-0.1, -0.05) is 30.8 Å². The van der Waals surface area contributed by atoms with Crippen LogP contribution in [0.15, 0.2) is 84.3 Å². The van der Waals surface area contributed by atoms with Gasteiger partial charge in [0, 0.05) is 73.3 Å². The molecule has 0 spiro atoms. The molecule has 0 atom stereocenters. The molecule has 2 aliphatic rings. The molecule has 0 bridgehead atoms. The third-order valence-electron chi connectivity index (χ3n) is 8.44. The summed E-state index contributed by atoms with van der Waals surface area (Å²) in [5, 5.41) is 6.66. The highest BCUT2D eigenvalue weighted by molar-refractivity contribution is 5.94. The second-order valence-electron chi connectivity index (χ2n) is 11.4. The second kappa shape index (κ2) is 12.2. The van der Waals surface area contributed by atoms with Crippen molar-refractivity contribution in [3.05, 3.63) is 107 Å². The van der Waals surface area contributed by atoms with Gasteiger partial charge >= 0.3 is 0 Å². The molecule has 2 fully saturated rings. The van der Waals surface area contributed by atoms with Crippen LogP contribution < -0.4 is 21.1 Å². The fourth-order valence-electron chi connectivity index (χ4n) is 5.66. The van der Waals surface area contributed by atoms with Crippen LogP contribution in [-0.2, 0) is 7.05 Å². The van der Waals surface area contributed by atoms with Gasteiger partial charge in [0.1, 0.15) is 0 Å². The first-order chi connectivity index (χ1) is 20.9. The van der Waals surface area contributed by atoms with E-state index in [1.165, 1.54) is 23.1 Å². The Morgan fingerprint density at radius 2 is 1.56 bits per heavy atom. The van der Waals surface area contributed by atoms with Gasteiger partial charge in [-0.15, -0.1) is 0 Å². The molecule has 8 nitrogen and oxygen atoms in total. The lowest BCUT2D eigenvalue weighted by atomic mass is 10.0. The third-order valence-corrected chi connectivity index (χ3v) is 8.44. The van der Waals surface area contributed by atoms with Crippen LogP contribution in [0.4, 0.5) is 22.9 Å². The number of nitrogens with one attached hydrogen (secondary N) is 2. The Labute approximate surface area is 252 Å². The van der Waals surface area contributed by atoms with Crippen LogP contribution in [0, 0.1) is 6.92 Å². The molecule has 2 saturated heterocycles. The summed E-state index contributed by atoms with van der Waals surface area (Å²) in [6, 6.07) is 21.7. The molecule has 3 heterocycles. The number of rotatable bonds is 8. The Bertz CT molecular complexity index is 1700. The van der Waals surface area contributed by atoms with Crippen molar-refractivity contribution in [3.63, 3.8) is 0 Å². The molecular formula is C35H38N6O2. The van der Waals surface area contributed by atoms with Crippen molar-refractivity contribution in [3.8, 4) is 11.3 Å². The van der Waals surface area contributed by atoms with Crippen molar-refractivity contribution in [2.75, 3.05) is 41.7 Å². The Kier molecular flexibility index (Phi) is 8.01. The molecular weight excluding hydrogens is 536 g/mol. The van der Waals surface area contributed by atoms with Crippen molar-refractivity contribution in [2.45, 2.75) is 32.6 Å². The average molecular weight is 575 g/mol. The first-order valence-electron chi connectivity index (χ1n) is 15.0. The van der Waals surface area contributed by atoms with Crippen molar-refractivity contribution >= 4 is 34.5 Å². The summed E-state index contributed by atoms with van der Waals surface area (Å²) in [6.45, 7) is 10.2. The number of hydrogen-bond acceptors (Lipinski definition) is 6. The normalized spacial score (nSPS) is 14.7. The standard InChI is InChI=1S/C35H38N6O2/c1-24-30(9-7-10-31(24)36-25(2)26-13-17-29(18-14-26)40-21-8-22-40)32-23-39(3)35(43)33(38-32)37-28-15-11-27(12-16-28)34(42)41-19-5-4-6-20-41/h7,9-18,23,36H,2,4-6,8,19-22H2,1,3H3,(H,37,38). The molecule has 4 aromatic rings. The number of anilines is 4. The van der Waals surface area contributed by atoms with Crippen LogP contribution in [0.25, 0.3) is 17.0 Å². The van der Waals surface area contributed by atoms with Gasteiger partial charge in [0.25, 0.3) is 11.5 Å². The van der Waals surface area contributed by atoms with Crippen LogP contribution in [0.1, 0.15) is 47.2 Å². The van der Waals surface area contributed by atoms with Crippen molar-refractivity contribution in [2.24, 2.45) is 7.05 Å². The summed E-state index contributed by atoms with van der Waals surface area (Å²) < 4.78 is 1.54. The van der Waals surface area contributed by atoms with Gasteiger partial charge < -0.3 is 25.0 Å². The minimum absolute atomic E-state index is 0.0534. The molecule has 6 rings (SSSR count). The second-order valence-corrected chi connectivity index (χ2v) is 11.4. The molecule has 220 valence electrons. The van der Waals surface area contributed by atoms with Gasteiger partial charge in [0.05, 0.1) is 5.69 Å². The lowest BCUT2D eigenvalue weighted by molar-refractivity contribution is 0.0724. The summed E-state index contributed by atoms with van der Waals surface area (Å²) in [7, 11) is 1.72. The zero-order valence-corrected chi connectivity index (χ0v) is 24.9. The van der Waals surface area contributed by atoms with E-state index in [2.05, 4.69) is 46.4 Å². The average Bonchev–Trinajstić information content (AvgIpc) is 3.00. The number of carbonyl (C=O) groups excluding carboxylic acids is 1. The zero-order valence-electron chi connectivity index (χ0n) is 24.9. The van der Waals surface area contributed by atoms with Gasteiger partial charge in [-0.25, -0.2) is 4.98 Å². The number of piperidine rings is 1. The van der Waals surface area contributed by atoms with E-state index in [1.54, 1.807) is 25.4 Å². The number of amides is 1. The first kappa shape index (κ1) is 28.3. The van der Waals surface area contributed by atoms with E-state index < -0.39 is 0 Å². The molecule has 8 heteroatoms. The van der Waals surface area contributed by atoms with Gasteiger partial charge in [0.2, 0.25) is 0 Å². The smallest absolute Gasteiger partial charge is 0.293 e. The molecule has 0 saturated carbocycles. The maximum atomic E-state index is 13.0. The maximum absolute atomic E-state index is 13.0. The Balaban J connectivity index is 1.20. The molecule has 2 N–H and O–H groups in total. The van der Waals surface area contributed by atoms with Crippen molar-refractivity contribution < 1.29 is 4.79 Å². The summed E-state index contributed by atoms with van der Waals surface area (Å²) in [6.07, 6.45) is 6.29. The lowest BCUT2D eigenvalue weighted by Gasteiger charge is -2.33. The van der Waals surface area contributed by atoms with Crippen LogP contribution in [0.2, 0.25) is 0 Å². The predicted octanol–water partition coefficient (Wildman–Crippen LogP) is 6.42. The largest absolute Gasteiger partial charge is 0.371 e.